The zero-order chi connectivity index (χ0) is 13.8. The van der Waals surface area contributed by atoms with Crippen LogP contribution in [0.3, 0.4) is 0 Å². The normalized spacial score (nSPS) is 10.0. The van der Waals surface area contributed by atoms with Crippen LogP contribution < -0.4 is 10.6 Å². The molecule has 2 amide bonds. The number of carbonyl (C=O) groups excluding carboxylic acids is 2. The van der Waals surface area contributed by atoms with Crippen LogP contribution in [-0.2, 0) is 4.79 Å². The molecule has 1 aromatic carbocycles. The summed E-state index contributed by atoms with van der Waals surface area (Å²) in [5.74, 6) is -0.533. The fourth-order valence-electron chi connectivity index (χ4n) is 1.53. The van der Waals surface area contributed by atoms with Crippen LogP contribution in [0.15, 0.2) is 24.4 Å². The maximum atomic E-state index is 11.8. The number of aryl methyl sites for hydroxylation is 1. The van der Waals surface area contributed by atoms with E-state index in [1.54, 1.807) is 12.1 Å². The van der Waals surface area contributed by atoms with Gasteiger partial charge >= 0.3 is 0 Å². The Morgan fingerprint density at radius 1 is 1.26 bits per heavy atom. The number of nitrogens with zero attached hydrogens (tertiary/aromatic N) is 2. The lowest BCUT2D eigenvalue weighted by Crippen LogP contribution is -2.13. The van der Waals surface area contributed by atoms with Crippen molar-refractivity contribution in [1.82, 2.24) is 15.4 Å². The third kappa shape index (κ3) is 3.15. The van der Waals surface area contributed by atoms with Crippen LogP contribution in [0.5, 0.6) is 0 Å². The molecule has 0 radical (unpaired) electrons. The largest absolute Gasteiger partial charge is 0.326 e. The molecular formula is C12H13N5O2. The van der Waals surface area contributed by atoms with Crippen molar-refractivity contribution in [2.24, 2.45) is 0 Å². The lowest BCUT2D eigenvalue weighted by Gasteiger charge is -2.09. The van der Waals surface area contributed by atoms with Gasteiger partial charge < -0.3 is 10.6 Å². The van der Waals surface area contributed by atoms with Crippen molar-refractivity contribution in [3.05, 3.63) is 35.7 Å². The minimum absolute atomic E-state index is 0.164. The zero-order valence-corrected chi connectivity index (χ0v) is 10.5. The SMILES string of the molecule is CC(=O)Nc1cc(NC(=O)c2cn[nH]n2)ccc1C. The standard InChI is InChI=1S/C12H13N5O2/c1-7-3-4-9(5-10(7)14-8(2)18)15-12(19)11-6-13-17-16-11/h3-6H,1-2H3,(H,14,18)(H,15,19)(H,13,16,17). The van der Waals surface area contributed by atoms with Gasteiger partial charge in [-0.15, -0.1) is 0 Å². The van der Waals surface area contributed by atoms with E-state index in [1.807, 2.05) is 13.0 Å². The lowest BCUT2D eigenvalue weighted by molar-refractivity contribution is -0.114. The number of H-pyrrole nitrogens is 1. The van der Waals surface area contributed by atoms with E-state index in [9.17, 15) is 9.59 Å². The summed E-state index contributed by atoms with van der Waals surface area (Å²) in [4.78, 5) is 22.8. The highest BCUT2D eigenvalue weighted by Crippen LogP contribution is 2.20. The van der Waals surface area contributed by atoms with E-state index in [-0.39, 0.29) is 17.5 Å². The number of hydrogen-bond donors (Lipinski definition) is 3. The molecule has 3 N–H and O–H groups in total. The van der Waals surface area contributed by atoms with Gasteiger partial charge in [-0.1, -0.05) is 6.07 Å². The maximum Gasteiger partial charge on any atom is 0.277 e. The number of rotatable bonds is 3. The van der Waals surface area contributed by atoms with Crippen molar-refractivity contribution >= 4 is 23.2 Å². The molecule has 1 heterocycles. The highest BCUT2D eigenvalue weighted by molar-refractivity contribution is 6.03. The van der Waals surface area contributed by atoms with Gasteiger partial charge in [-0.25, -0.2) is 0 Å². The van der Waals surface area contributed by atoms with Crippen molar-refractivity contribution in [2.45, 2.75) is 13.8 Å². The number of carbonyl (C=O) groups is 2. The van der Waals surface area contributed by atoms with Crippen LogP contribution in [-0.4, -0.2) is 27.2 Å². The first-order valence-corrected chi connectivity index (χ1v) is 5.61. The Balaban J connectivity index is 2.17. The maximum absolute atomic E-state index is 11.8. The Labute approximate surface area is 109 Å². The molecule has 0 atom stereocenters. The molecule has 0 unspecified atom stereocenters. The Morgan fingerprint density at radius 3 is 2.68 bits per heavy atom. The number of aromatic amines is 1. The molecule has 0 spiro atoms. The van der Waals surface area contributed by atoms with E-state index < -0.39 is 0 Å². The molecule has 98 valence electrons. The number of nitrogens with one attached hydrogen (secondary N) is 3. The predicted molar refractivity (Wildman–Crippen MR) is 69.8 cm³/mol. The molecule has 0 fully saturated rings. The molecular weight excluding hydrogens is 246 g/mol. The highest BCUT2D eigenvalue weighted by Gasteiger charge is 2.10. The van der Waals surface area contributed by atoms with E-state index in [0.717, 1.165) is 5.56 Å². The van der Waals surface area contributed by atoms with Crippen LogP contribution in [0.1, 0.15) is 23.0 Å². The summed E-state index contributed by atoms with van der Waals surface area (Å²) < 4.78 is 0. The molecule has 0 aliphatic rings. The number of hydrogen-bond acceptors (Lipinski definition) is 4. The highest BCUT2D eigenvalue weighted by atomic mass is 16.2. The molecule has 0 saturated carbocycles. The van der Waals surface area contributed by atoms with Crippen molar-refractivity contribution in [1.29, 1.82) is 0 Å². The van der Waals surface area contributed by atoms with Gasteiger partial charge in [0.2, 0.25) is 5.91 Å². The third-order valence-electron chi connectivity index (χ3n) is 2.45. The van der Waals surface area contributed by atoms with Gasteiger partial charge in [0.15, 0.2) is 5.69 Å². The fraction of sp³-hybridized carbons (Fsp3) is 0.167. The Morgan fingerprint density at radius 2 is 2.05 bits per heavy atom. The topological polar surface area (TPSA) is 99.8 Å². The van der Waals surface area contributed by atoms with Gasteiger partial charge in [-0.05, 0) is 24.6 Å². The average molecular weight is 259 g/mol. The van der Waals surface area contributed by atoms with Gasteiger partial charge in [-0.2, -0.15) is 15.4 Å². The molecule has 0 aliphatic heterocycles. The summed E-state index contributed by atoms with van der Waals surface area (Å²) in [5, 5.41) is 15.0. The minimum atomic E-state index is -0.369. The smallest absolute Gasteiger partial charge is 0.277 e. The molecule has 2 aromatic rings. The molecule has 19 heavy (non-hydrogen) atoms. The van der Waals surface area contributed by atoms with Gasteiger partial charge in [-0.3, -0.25) is 9.59 Å². The van der Waals surface area contributed by atoms with Crippen LogP contribution >= 0.6 is 0 Å². The van der Waals surface area contributed by atoms with Gasteiger partial charge in [0.05, 0.1) is 6.20 Å². The van der Waals surface area contributed by atoms with Crippen LogP contribution in [0.4, 0.5) is 11.4 Å². The quantitative estimate of drug-likeness (QED) is 0.774. The Kier molecular flexibility index (Phi) is 3.56. The molecule has 0 saturated heterocycles. The van der Waals surface area contributed by atoms with Gasteiger partial charge in [0.1, 0.15) is 0 Å². The molecule has 0 bridgehead atoms. The van der Waals surface area contributed by atoms with E-state index in [1.165, 1.54) is 13.1 Å². The van der Waals surface area contributed by atoms with Gasteiger partial charge in [0.25, 0.3) is 5.91 Å². The predicted octanol–water partition coefficient (Wildman–Crippen LogP) is 1.32. The summed E-state index contributed by atoms with van der Waals surface area (Å²) in [5.41, 5.74) is 2.34. The van der Waals surface area contributed by atoms with E-state index in [4.69, 9.17) is 0 Å². The lowest BCUT2D eigenvalue weighted by atomic mass is 10.1. The van der Waals surface area contributed by atoms with Crippen molar-refractivity contribution in [2.75, 3.05) is 10.6 Å². The summed E-state index contributed by atoms with van der Waals surface area (Å²) in [6.45, 7) is 3.30. The molecule has 2 rings (SSSR count). The average Bonchev–Trinajstić information content (AvgIpc) is 2.86. The second-order valence-corrected chi connectivity index (χ2v) is 4.02. The number of benzene rings is 1. The monoisotopic (exact) mass is 259 g/mol. The second-order valence-electron chi connectivity index (χ2n) is 4.02. The minimum Gasteiger partial charge on any atom is -0.326 e. The second kappa shape index (κ2) is 5.30. The summed E-state index contributed by atoms with van der Waals surface area (Å²) >= 11 is 0. The van der Waals surface area contributed by atoms with Crippen molar-refractivity contribution in [3.8, 4) is 0 Å². The van der Waals surface area contributed by atoms with Crippen LogP contribution in [0.25, 0.3) is 0 Å². The Hall–Kier alpha value is -2.70. The number of aromatic nitrogens is 3. The fourth-order valence-corrected chi connectivity index (χ4v) is 1.53. The number of anilines is 2. The molecule has 7 nitrogen and oxygen atoms in total. The molecule has 7 heteroatoms. The van der Waals surface area contributed by atoms with Crippen LogP contribution in [0.2, 0.25) is 0 Å². The number of amides is 2. The van der Waals surface area contributed by atoms with Crippen LogP contribution in [0, 0.1) is 6.92 Å². The van der Waals surface area contributed by atoms with E-state index >= 15 is 0 Å². The zero-order valence-electron chi connectivity index (χ0n) is 10.5. The van der Waals surface area contributed by atoms with Crippen molar-refractivity contribution in [3.63, 3.8) is 0 Å². The Bertz CT molecular complexity index is 607. The molecule has 0 aliphatic carbocycles. The van der Waals surface area contributed by atoms with Gasteiger partial charge in [0, 0.05) is 18.3 Å². The third-order valence-corrected chi connectivity index (χ3v) is 2.45. The van der Waals surface area contributed by atoms with Crippen molar-refractivity contribution < 1.29 is 9.59 Å². The summed E-state index contributed by atoms with van der Waals surface area (Å²) in [6, 6.07) is 5.25. The first-order chi connectivity index (χ1) is 9.06. The van der Waals surface area contributed by atoms with E-state index in [0.29, 0.717) is 11.4 Å². The summed E-state index contributed by atoms with van der Waals surface area (Å²) in [7, 11) is 0. The van der Waals surface area contributed by atoms with E-state index in [2.05, 4.69) is 26.0 Å². The molecule has 1 aromatic heterocycles. The first-order valence-electron chi connectivity index (χ1n) is 5.61. The summed E-state index contributed by atoms with van der Waals surface area (Å²) in [6.07, 6.45) is 1.33. The first kappa shape index (κ1) is 12.7.